The number of hydrogen-bond acceptors (Lipinski definition) is 3. The number of nitrogens with zero attached hydrogens (tertiary/aromatic N) is 2. The summed E-state index contributed by atoms with van der Waals surface area (Å²) in [5.41, 5.74) is 1.35. The van der Waals surface area contributed by atoms with Crippen molar-refractivity contribution in [1.82, 2.24) is 9.80 Å². The van der Waals surface area contributed by atoms with Gasteiger partial charge in [-0.15, -0.1) is 0 Å². The zero-order valence-corrected chi connectivity index (χ0v) is 13.6. The topological polar surface area (TPSA) is 32.8 Å². The largest absolute Gasteiger partial charge is 0.370 e. The molecule has 4 aliphatic rings. The molecule has 0 N–H and O–H groups in total. The van der Waals surface area contributed by atoms with Crippen molar-refractivity contribution in [2.75, 3.05) is 32.8 Å². The summed E-state index contributed by atoms with van der Waals surface area (Å²) in [6.07, 6.45) is 11.6. The zero-order valence-electron chi connectivity index (χ0n) is 13.6. The van der Waals surface area contributed by atoms with E-state index in [1.807, 2.05) is 4.90 Å². The molecule has 1 unspecified atom stereocenters. The average molecular weight is 304 g/mol. The Morgan fingerprint density at radius 2 is 2.05 bits per heavy atom. The van der Waals surface area contributed by atoms with Gasteiger partial charge in [0.1, 0.15) is 5.60 Å². The maximum absolute atomic E-state index is 12.4. The van der Waals surface area contributed by atoms with Crippen LogP contribution in [0.2, 0.25) is 0 Å². The third kappa shape index (κ3) is 2.83. The molecule has 3 aliphatic heterocycles. The molecule has 3 fully saturated rings. The second-order valence-corrected chi connectivity index (χ2v) is 7.63. The Labute approximate surface area is 133 Å². The molecule has 22 heavy (non-hydrogen) atoms. The molecule has 0 aromatic rings. The lowest BCUT2D eigenvalue weighted by atomic mass is 9.88. The van der Waals surface area contributed by atoms with Crippen molar-refractivity contribution >= 4 is 5.91 Å². The lowest BCUT2D eigenvalue weighted by molar-refractivity contribution is -0.157. The molecule has 3 heterocycles. The van der Waals surface area contributed by atoms with Crippen LogP contribution < -0.4 is 0 Å². The van der Waals surface area contributed by atoms with Gasteiger partial charge >= 0.3 is 0 Å². The van der Waals surface area contributed by atoms with E-state index in [4.69, 9.17) is 4.74 Å². The van der Waals surface area contributed by atoms with Crippen LogP contribution >= 0.6 is 0 Å². The maximum atomic E-state index is 12.4. The maximum Gasteiger partial charge on any atom is 0.226 e. The summed E-state index contributed by atoms with van der Waals surface area (Å²) >= 11 is 0. The van der Waals surface area contributed by atoms with Crippen molar-refractivity contribution in [3.8, 4) is 0 Å². The van der Waals surface area contributed by atoms with Crippen molar-refractivity contribution < 1.29 is 9.53 Å². The molecule has 0 radical (unpaired) electrons. The minimum atomic E-state index is -0.0101. The fourth-order valence-electron chi connectivity index (χ4n) is 4.58. The van der Waals surface area contributed by atoms with Crippen molar-refractivity contribution in [1.29, 1.82) is 0 Å². The van der Waals surface area contributed by atoms with Crippen LogP contribution in [0.3, 0.4) is 0 Å². The van der Waals surface area contributed by atoms with E-state index in [9.17, 15) is 4.79 Å². The van der Waals surface area contributed by atoms with Crippen LogP contribution in [0.5, 0.6) is 0 Å². The molecule has 1 spiro atoms. The van der Waals surface area contributed by atoms with Gasteiger partial charge < -0.3 is 9.64 Å². The Morgan fingerprint density at radius 1 is 1.23 bits per heavy atom. The highest BCUT2D eigenvalue weighted by Crippen LogP contribution is 2.38. The predicted octanol–water partition coefficient (Wildman–Crippen LogP) is 2.34. The molecule has 122 valence electrons. The van der Waals surface area contributed by atoms with E-state index >= 15 is 0 Å². The number of amides is 1. The fraction of sp³-hybridized carbons (Fsp3) is 0.833. The molecular formula is C18H28N2O2. The van der Waals surface area contributed by atoms with Crippen LogP contribution in [0.1, 0.15) is 51.4 Å². The third-order valence-corrected chi connectivity index (χ3v) is 5.92. The van der Waals surface area contributed by atoms with E-state index in [1.54, 1.807) is 0 Å². The first-order chi connectivity index (χ1) is 10.7. The summed E-state index contributed by atoms with van der Waals surface area (Å²) in [6.45, 7) is 4.99. The first kappa shape index (κ1) is 14.7. The quantitative estimate of drug-likeness (QED) is 0.750. The third-order valence-electron chi connectivity index (χ3n) is 5.92. The van der Waals surface area contributed by atoms with Gasteiger partial charge in [-0.05, 0) is 58.0 Å². The van der Waals surface area contributed by atoms with Gasteiger partial charge in [-0.2, -0.15) is 0 Å². The highest BCUT2D eigenvalue weighted by atomic mass is 16.5. The van der Waals surface area contributed by atoms with Crippen LogP contribution in [-0.4, -0.2) is 60.1 Å². The standard InChI is InChI=1S/C18H28N2O2/c21-17(10-15-6-2-1-3-7-15)20-13-18(14-20)11-16(12-22-18)19-8-4-5-9-19/h6,16H,1-5,7-14H2. The molecule has 4 nitrogen and oxygen atoms in total. The Hall–Kier alpha value is -0.870. The molecule has 0 aromatic heterocycles. The normalized spacial score (nSPS) is 31.4. The summed E-state index contributed by atoms with van der Waals surface area (Å²) in [6, 6.07) is 0.598. The number of carbonyl (C=O) groups is 1. The number of carbonyl (C=O) groups excluding carboxylic acids is 1. The zero-order chi connectivity index (χ0) is 15.0. The van der Waals surface area contributed by atoms with Crippen LogP contribution in [-0.2, 0) is 9.53 Å². The van der Waals surface area contributed by atoms with Gasteiger partial charge in [-0.25, -0.2) is 0 Å². The average Bonchev–Trinajstić information content (AvgIpc) is 3.16. The van der Waals surface area contributed by atoms with Gasteiger partial charge in [0.25, 0.3) is 0 Å². The van der Waals surface area contributed by atoms with E-state index in [0.29, 0.717) is 18.4 Å². The summed E-state index contributed by atoms with van der Waals surface area (Å²) in [5, 5.41) is 0. The lowest BCUT2D eigenvalue weighted by Gasteiger charge is -2.47. The van der Waals surface area contributed by atoms with Crippen LogP contribution in [0.25, 0.3) is 0 Å². The number of hydrogen-bond donors (Lipinski definition) is 0. The van der Waals surface area contributed by atoms with E-state index in [0.717, 1.165) is 39.0 Å². The van der Waals surface area contributed by atoms with Crippen molar-refractivity contribution in [2.45, 2.75) is 63.0 Å². The van der Waals surface area contributed by atoms with Gasteiger partial charge in [0.05, 0.1) is 19.7 Å². The molecule has 4 heteroatoms. The SMILES string of the molecule is O=C(CC1=CCCCC1)N1CC2(CC(N3CCCC3)CO2)C1. The van der Waals surface area contributed by atoms with Crippen LogP contribution in [0.4, 0.5) is 0 Å². The summed E-state index contributed by atoms with van der Waals surface area (Å²) in [7, 11) is 0. The second-order valence-electron chi connectivity index (χ2n) is 7.63. The molecule has 1 aliphatic carbocycles. The number of ether oxygens (including phenoxy) is 1. The number of likely N-dealkylation sites (tertiary alicyclic amines) is 2. The molecule has 0 saturated carbocycles. The van der Waals surface area contributed by atoms with E-state index in [1.165, 1.54) is 44.3 Å². The Bertz CT molecular complexity index is 462. The van der Waals surface area contributed by atoms with Crippen LogP contribution in [0.15, 0.2) is 11.6 Å². The summed E-state index contributed by atoms with van der Waals surface area (Å²) < 4.78 is 6.12. The molecule has 1 atom stereocenters. The smallest absolute Gasteiger partial charge is 0.226 e. The van der Waals surface area contributed by atoms with Crippen molar-refractivity contribution in [3.63, 3.8) is 0 Å². The van der Waals surface area contributed by atoms with E-state index in [-0.39, 0.29) is 5.60 Å². The lowest BCUT2D eigenvalue weighted by Crippen LogP contribution is -2.63. The summed E-state index contributed by atoms with van der Waals surface area (Å²) in [5.74, 6) is 0.312. The minimum absolute atomic E-state index is 0.0101. The van der Waals surface area contributed by atoms with Gasteiger partial charge in [0, 0.05) is 12.5 Å². The van der Waals surface area contributed by atoms with E-state index < -0.39 is 0 Å². The second kappa shape index (κ2) is 5.97. The molecular weight excluding hydrogens is 276 g/mol. The van der Waals surface area contributed by atoms with Gasteiger partial charge in [0.15, 0.2) is 0 Å². The molecule has 3 saturated heterocycles. The van der Waals surface area contributed by atoms with Gasteiger partial charge in [0.2, 0.25) is 5.91 Å². The summed E-state index contributed by atoms with van der Waals surface area (Å²) in [4.78, 5) is 17.0. The van der Waals surface area contributed by atoms with Crippen molar-refractivity contribution in [3.05, 3.63) is 11.6 Å². The van der Waals surface area contributed by atoms with Gasteiger partial charge in [-0.3, -0.25) is 9.69 Å². The predicted molar refractivity (Wildman–Crippen MR) is 85.6 cm³/mol. The van der Waals surface area contributed by atoms with Crippen molar-refractivity contribution in [2.24, 2.45) is 0 Å². The first-order valence-corrected chi connectivity index (χ1v) is 9.08. The van der Waals surface area contributed by atoms with E-state index in [2.05, 4.69) is 11.0 Å². The van der Waals surface area contributed by atoms with Gasteiger partial charge in [-0.1, -0.05) is 11.6 Å². The highest BCUT2D eigenvalue weighted by molar-refractivity contribution is 5.80. The Kier molecular flexibility index (Phi) is 3.99. The number of allylic oxidation sites excluding steroid dienone is 1. The first-order valence-electron chi connectivity index (χ1n) is 9.08. The molecule has 1 amide bonds. The molecule has 0 bridgehead atoms. The number of rotatable bonds is 3. The monoisotopic (exact) mass is 304 g/mol. The minimum Gasteiger partial charge on any atom is -0.370 e. The molecule has 0 aromatic carbocycles. The van der Waals surface area contributed by atoms with Crippen LogP contribution in [0, 0.1) is 0 Å². The highest BCUT2D eigenvalue weighted by Gasteiger charge is 2.52. The fourth-order valence-corrected chi connectivity index (χ4v) is 4.58. The molecule has 4 rings (SSSR count). The Balaban J connectivity index is 1.26. The Morgan fingerprint density at radius 3 is 2.77 bits per heavy atom.